The molecule has 0 unspecified atom stereocenters. The molecule has 1 fully saturated rings. The highest BCUT2D eigenvalue weighted by Gasteiger charge is 2.18. The summed E-state index contributed by atoms with van der Waals surface area (Å²) in [6.45, 7) is 1.21. The first-order chi connectivity index (χ1) is 10.3. The van der Waals surface area contributed by atoms with E-state index in [0.29, 0.717) is 30.1 Å². The van der Waals surface area contributed by atoms with E-state index in [-0.39, 0.29) is 12.1 Å². The molecule has 2 aromatic carbocycles. The van der Waals surface area contributed by atoms with Gasteiger partial charge in [0.2, 0.25) is 0 Å². The Labute approximate surface area is 123 Å². The number of hydrogen-bond donors (Lipinski definition) is 0. The van der Waals surface area contributed by atoms with Gasteiger partial charge in [-0.1, -0.05) is 36.4 Å². The molecule has 4 heteroatoms. The number of hydrogen-bond acceptors (Lipinski definition) is 4. The van der Waals surface area contributed by atoms with Gasteiger partial charge in [-0.25, -0.2) is 0 Å². The monoisotopic (exact) mass is 284 g/mol. The minimum Gasteiger partial charge on any atom is -0.497 e. The predicted molar refractivity (Wildman–Crippen MR) is 77.5 cm³/mol. The Bertz CT molecular complexity index is 627. The Morgan fingerprint density at radius 2 is 1.76 bits per heavy atom. The van der Waals surface area contributed by atoms with Crippen LogP contribution in [0.3, 0.4) is 0 Å². The number of carbonyl (C=O) groups is 1. The van der Waals surface area contributed by atoms with Gasteiger partial charge in [0.05, 0.1) is 20.3 Å². The molecule has 0 radical (unpaired) electrons. The number of methoxy groups -OCH3 is 1. The molecule has 0 bridgehead atoms. The van der Waals surface area contributed by atoms with Crippen LogP contribution in [0.2, 0.25) is 0 Å². The highest BCUT2D eigenvalue weighted by atomic mass is 16.7. The average Bonchev–Trinajstić information content (AvgIpc) is 3.09. The second-order valence-corrected chi connectivity index (χ2v) is 4.76. The highest BCUT2D eigenvalue weighted by Crippen LogP contribution is 2.24. The molecule has 0 saturated carbocycles. The Kier molecular flexibility index (Phi) is 3.99. The first-order valence-corrected chi connectivity index (χ1v) is 6.80. The standard InChI is InChI=1S/C17H16O4/c1-19-15-4-2-3-14(11-15)16(18)12-5-7-13(8-6-12)17-20-9-10-21-17/h2-8,11,17H,9-10H2,1H3. The Hall–Kier alpha value is -2.17. The Morgan fingerprint density at radius 1 is 1.05 bits per heavy atom. The van der Waals surface area contributed by atoms with Crippen molar-refractivity contribution in [2.75, 3.05) is 20.3 Å². The Balaban J connectivity index is 1.80. The van der Waals surface area contributed by atoms with Gasteiger partial charge < -0.3 is 14.2 Å². The lowest BCUT2D eigenvalue weighted by Crippen LogP contribution is -2.03. The molecule has 0 aliphatic carbocycles. The van der Waals surface area contributed by atoms with Crippen LogP contribution in [-0.2, 0) is 9.47 Å². The van der Waals surface area contributed by atoms with Crippen LogP contribution in [0.5, 0.6) is 5.75 Å². The lowest BCUT2D eigenvalue weighted by molar-refractivity contribution is -0.0441. The zero-order chi connectivity index (χ0) is 14.7. The molecule has 0 spiro atoms. The summed E-state index contributed by atoms with van der Waals surface area (Å²) in [5.74, 6) is 0.638. The van der Waals surface area contributed by atoms with Gasteiger partial charge >= 0.3 is 0 Å². The topological polar surface area (TPSA) is 44.8 Å². The summed E-state index contributed by atoms with van der Waals surface area (Å²) in [6.07, 6.45) is -0.314. The van der Waals surface area contributed by atoms with E-state index in [4.69, 9.17) is 14.2 Å². The van der Waals surface area contributed by atoms with Crippen LogP contribution in [0, 0.1) is 0 Å². The average molecular weight is 284 g/mol. The van der Waals surface area contributed by atoms with Crippen LogP contribution in [0.25, 0.3) is 0 Å². The van der Waals surface area contributed by atoms with Gasteiger partial charge in [-0.2, -0.15) is 0 Å². The van der Waals surface area contributed by atoms with Crippen molar-refractivity contribution in [2.24, 2.45) is 0 Å². The van der Waals surface area contributed by atoms with Crippen molar-refractivity contribution < 1.29 is 19.0 Å². The lowest BCUT2D eigenvalue weighted by Gasteiger charge is -2.10. The van der Waals surface area contributed by atoms with Crippen LogP contribution in [0.4, 0.5) is 0 Å². The maximum atomic E-state index is 12.4. The van der Waals surface area contributed by atoms with Crippen LogP contribution < -0.4 is 4.74 Å². The first kappa shape index (κ1) is 13.8. The molecule has 1 heterocycles. The van der Waals surface area contributed by atoms with Gasteiger partial charge in [0, 0.05) is 16.7 Å². The molecule has 0 aromatic heterocycles. The van der Waals surface area contributed by atoms with Gasteiger partial charge in [0.15, 0.2) is 12.1 Å². The maximum absolute atomic E-state index is 12.4. The molecule has 108 valence electrons. The maximum Gasteiger partial charge on any atom is 0.193 e. The number of ether oxygens (including phenoxy) is 3. The predicted octanol–water partition coefficient (Wildman–Crippen LogP) is 2.97. The van der Waals surface area contributed by atoms with E-state index in [2.05, 4.69) is 0 Å². The van der Waals surface area contributed by atoms with Gasteiger partial charge in [-0.05, 0) is 12.1 Å². The third-order valence-electron chi connectivity index (χ3n) is 3.40. The van der Waals surface area contributed by atoms with Crippen molar-refractivity contribution in [3.05, 3.63) is 65.2 Å². The van der Waals surface area contributed by atoms with E-state index < -0.39 is 0 Å². The molecule has 0 N–H and O–H groups in total. The van der Waals surface area contributed by atoms with Gasteiger partial charge in [-0.3, -0.25) is 4.79 Å². The normalized spacial score (nSPS) is 15.1. The van der Waals surface area contributed by atoms with Crippen molar-refractivity contribution >= 4 is 5.78 Å². The summed E-state index contributed by atoms with van der Waals surface area (Å²) < 4.78 is 16.0. The molecule has 0 amide bonds. The summed E-state index contributed by atoms with van der Waals surface area (Å²) >= 11 is 0. The van der Waals surface area contributed by atoms with Gasteiger partial charge in [0.1, 0.15) is 5.75 Å². The summed E-state index contributed by atoms with van der Waals surface area (Å²) in [5.41, 5.74) is 2.16. The van der Waals surface area contributed by atoms with Gasteiger partial charge in [-0.15, -0.1) is 0 Å². The van der Waals surface area contributed by atoms with Crippen molar-refractivity contribution in [3.63, 3.8) is 0 Å². The van der Waals surface area contributed by atoms with E-state index in [1.807, 2.05) is 18.2 Å². The third kappa shape index (κ3) is 2.96. The van der Waals surface area contributed by atoms with E-state index in [1.165, 1.54) is 0 Å². The SMILES string of the molecule is COc1cccc(C(=O)c2ccc(C3OCCO3)cc2)c1. The zero-order valence-electron chi connectivity index (χ0n) is 11.7. The lowest BCUT2D eigenvalue weighted by atomic mass is 10.0. The fraction of sp³-hybridized carbons (Fsp3) is 0.235. The fourth-order valence-electron chi connectivity index (χ4n) is 2.27. The molecule has 1 saturated heterocycles. The van der Waals surface area contributed by atoms with Crippen molar-refractivity contribution in [1.29, 1.82) is 0 Å². The molecule has 4 nitrogen and oxygen atoms in total. The molecule has 1 aliphatic heterocycles. The largest absolute Gasteiger partial charge is 0.497 e. The van der Waals surface area contributed by atoms with Crippen molar-refractivity contribution in [3.8, 4) is 5.75 Å². The smallest absolute Gasteiger partial charge is 0.193 e. The number of ketones is 1. The summed E-state index contributed by atoms with van der Waals surface area (Å²) in [5, 5.41) is 0. The summed E-state index contributed by atoms with van der Waals surface area (Å²) in [7, 11) is 1.58. The minimum atomic E-state index is -0.314. The quantitative estimate of drug-likeness (QED) is 0.810. The first-order valence-electron chi connectivity index (χ1n) is 6.80. The van der Waals surface area contributed by atoms with Crippen molar-refractivity contribution in [2.45, 2.75) is 6.29 Å². The van der Waals surface area contributed by atoms with E-state index in [1.54, 1.807) is 37.4 Å². The number of benzene rings is 2. The Morgan fingerprint density at radius 3 is 2.43 bits per heavy atom. The molecule has 3 rings (SSSR count). The third-order valence-corrected chi connectivity index (χ3v) is 3.40. The summed E-state index contributed by atoms with van der Waals surface area (Å²) in [4.78, 5) is 12.4. The molecule has 0 atom stereocenters. The molecule has 21 heavy (non-hydrogen) atoms. The second kappa shape index (κ2) is 6.08. The van der Waals surface area contributed by atoms with E-state index in [0.717, 1.165) is 5.56 Å². The molecular weight excluding hydrogens is 268 g/mol. The fourth-order valence-corrected chi connectivity index (χ4v) is 2.27. The van der Waals surface area contributed by atoms with Gasteiger partial charge in [0.25, 0.3) is 0 Å². The highest BCUT2D eigenvalue weighted by molar-refractivity contribution is 6.09. The summed E-state index contributed by atoms with van der Waals surface area (Å²) in [6, 6.07) is 14.5. The van der Waals surface area contributed by atoms with Crippen LogP contribution in [0.15, 0.2) is 48.5 Å². The van der Waals surface area contributed by atoms with Crippen LogP contribution in [0.1, 0.15) is 27.8 Å². The molecular formula is C17H16O4. The number of rotatable bonds is 4. The molecule has 1 aliphatic rings. The number of carbonyl (C=O) groups excluding carboxylic acids is 1. The zero-order valence-corrected chi connectivity index (χ0v) is 11.7. The van der Waals surface area contributed by atoms with E-state index >= 15 is 0 Å². The van der Waals surface area contributed by atoms with Crippen LogP contribution in [-0.4, -0.2) is 26.1 Å². The van der Waals surface area contributed by atoms with E-state index in [9.17, 15) is 4.79 Å². The van der Waals surface area contributed by atoms with Crippen LogP contribution >= 0.6 is 0 Å². The van der Waals surface area contributed by atoms with Crippen molar-refractivity contribution in [1.82, 2.24) is 0 Å². The minimum absolute atomic E-state index is 0.0336. The second-order valence-electron chi connectivity index (χ2n) is 4.76. The molecule has 2 aromatic rings.